The van der Waals surface area contributed by atoms with E-state index in [9.17, 15) is 8.42 Å². The second kappa shape index (κ2) is 5.68. The van der Waals surface area contributed by atoms with E-state index >= 15 is 0 Å². The summed E-state index contributed by atoms with van der Waals surface area (Å²) in [6.45, 7) is 0.704. The molecule has 1 fully saturated rings. The highest BCUT2D eigenvalue weighted by atomic mass is 32.2. The fraction of sp³-hybridized carbons (Fsp3) is 1.00. The molecular formula is C9H19NO3S. The van der Waals surface area contributed by atoms with Gasteiger partial charge in [0.25, 0.3) is 10.1 Å². The summed E-state index contributed by atoms with van der Waals surface area (Å²) in [5.74, 6) is 0. The van der Waals surface area contributed by atoms with Crippen molar-refractivity contribution in [2.24, 2.45) is 5.73 Å². The average Bonchev–Trinajstić information content (AvgIpc) is 2.19. The first-order valence-corrected chi connectivity index (χ1v) is 6.72. The monoisotopic (exact) mass is 221 g/mol. The standard InChI is InChI=1S/C9H19NO3S/c10-7-4-8-13-14(11,12)9-5-2-1-3-6-9/h9H,1-8,10H2. The molecule has 0 amide bonds. The van der Waals surface area contributed by atoms with Gasteiger partial charge in [0.2, 0.25) is 0 Å². The Morgan fingerprint density at radius 2 is 1.86 bits per heavy atom. The van der Waals surface area contributed by atoms with Crippen molar-refractivity contribution in [1.29, 1.82) is 0 Å². The Morgan fingerprint density at radius 1 is 1.21 bits per heavy atom. The summed E-state index contributed by atoms with van der Waals surface area (Å²) in [4.78, 5) is 0. The minimum absolute atomic E-state index is 0.231. The third kappa shape index (κ3) is 3.55. The summed E-state index contributed by atoms with van der Waals surface area (Å²) < 4.78 is 28.1. The van der Waals surface area contributed by atoms with E-state index in [1.54, 1.807) is 0 Å². The van der Waals surface area contributed by atoms with Crippen LogP contribution in [0.2, 0.25) is 0 Å². The zero-order chi connectivity index (χ0) is 10.4. The van der Waals surface area contributed by atoms with Gasteiger partial charge in [-0.2, -0.15) is 8.42 Å². The van der Waals surface area contributed by atoms with Gasteiger partial charge < -0.3 is 5.73 Å². The highest BCUT2D eigenvalue weighted by molar-refractivity contribution is 7.87. The fourth-order valence-electron chi connectivity index (χ4n) is 1.71. The lowest BCUT2D eigenvalue weighted by Crippen LogP contribution is -2.26. The molecule has 0 aromatic rings. The van der Waals surface area contributed by atoms with Crippen LogP contribution in [-0.4, -0.2) is 26.8 Å². The molecule has 14 heavy (non-hydrogen) atoms. The van der Waals surface area contributed by atoms with Crippen LogP contribution in [0.25, 0.3) is 0 Å². The van der Waals surface area contributed by atoms with E-state index < -0.39 is 10.1 Å². The van der Waals surface area contributed by atoms with Crippen LogP contribution >= 0.6 is 0 Å². The third-order valence-electron chi connectivity index (χ3n) is 2.56. The topological polar surface area (TPSA) is 69.4 Å². The average molecular weight is 221 g/mol. The number of hydrogen-bond acceptors (Lipinski definition) is 4. The molecule has 0 heterocycles. The minimum Gasteiger partial charge on any atom is -0.330 e. The second-order valence-corrected chi connectivity index (χ2v) is 5.60. The van der Waals surface area contributed by atoms with Crippen LogP contribution < -0.4 is 5.73 Å². The Kier molecular flexibility index (Phi) is 4.84. The molecule has 0 atom stereocenters. The van der Waals surface area contributed by atoms with Gasteiger partial charge in [-0.25, -0.2) is 0 Å². The molecule has 1 aliphatic carbocycles. The van der Waals surface area contributed by atoms with Crippen LogP contribution in [0.3, 0.4) is 0 Å². The smallest absolute Gasteiger partial charge is 0.270 e. The minimum atomic E-state index is -3.31. The molecule has 0 saturated heterocycles. The first-order chi connectivity index (χ1) is 6.67. The maximum absolute atomic E-state index is 11.6. The normalized spacial score (nSPS) is 19.8. The maximum atomic E-state index is 11.6. The van der Waals surface area contributed by atoms with Crippen molar-refractivity contribution in [1.82, 2.24) is 0 Å². The molecule has 0 bridgehead atoms. The Balaban J connectivity index is 2.38. The number of nitrogens with two attached hydrogens (primary N) is 1. The molecule has 0 aromatic heterocycles. The van der Waals surface area contributed by atoms with Crippen molar-refractivity contribution in [2.75, 3.05) is 13.2 Å². The number of hydrogen-bond donors (Lipinski definition) is 1. The predicted molar refractivity (Wildman–Crippen MR) is 55.4 cm³/mol. The molecule has 0 radical (unpaired) electrons. The van der Waals surface area contributed by atoms with Gasteiger partial charge in [-0.15, -0.1) is 0 Å². The van der Waals surface area contributed by atoms with Crippen LogP contribution in [0.4, 0.5) is 0 Å². The van der Waals surface area contributed by atoms with Crippen molar-refractivity contribution in [2.45, 2.75) is 43.8 Å². The van der Waals surface area contributed by atoms with E-state index in [4.69, 9.17) is 9.92 Å². The Hall–Kier alpha value is -0.130. The summed E-state index contributed by atoms with van der Waals surface area (Å²) in [7, 11) is -3.31. The van der Waals surface area contributed by atoms with Crippen LogP contribution in [0, 0.1) is 0 Å². The highest BCUT2D eigenvalue weighted by Crippen LogP contribution is 2.24. The van der Waals surface area contributed by atoms with E-state index in [0.29, 0.717) is 13.0 Å². The Labute approximate surface area is 85.9 Å². The summed E-state index contributed by atoms with van der Waals surface area (Å²) in [6.07, 6.45) is 5.27. The fourth-order valence-corrected chi connectivity index (χ4v) is 3.16. The summed E-state index contributed by atoms with van der Waals surface area (Å²) in [5, 5.41) is -0.269. The summed E-state index contributed by atoms with van der Waals surface area (Å²) in [5.41, 5.74) is 5.26. The molecule has 2 N–H and O–H groups in total. The zero-order valence-corrected chi connectivity index (χ0v) is 9.26. The highest BCUT2D eigenvalue weighted by Gasteiger charge is 2.27. The van der Waals surface area contributed by atoms with Gasteiger partial charge in [-0.05, 0) is 25.8 Å². The molecule has 1 saturated carbocycles. The Morgan fingerprint density at radius 3 is 2.43 bits per heavy atom. The first-order valence-electron chi connectivity index (χ1n) is 5.25. The largest absolute Gasteiger partial charge is 0.330 e. The molecule has 4 nitrogen and oxygen atoms in total. The lowest BCUT2D eigenvalue weighted by Gasteiger charge is -2.20. The van der Waals surface area contributed by atoms with Gasteiger partial charge >= 0.3 is 0 Å². The van der Waals surface area contributed by atoms with E-state index in [0.717, 1.165) is 32.1 Å². The van der Waals surface area contributed by atoms with Gasteiger partial charge in [0.1, 0.15) is 0 Å². The molecular weight excluding hydrogens is 202 g/mol. The zero-order valence-electron chi connectivity index (χ0n) is 8.44. The summed E-state index contributed by atoms with van der Waals surface area (Å²) in [6, 6.07) is 0. The van der Waals surface area contributed by atoms with Crippen LogP contribution in [0.5, 0.6) is 0 Å². The van der Waals surface area contributed by atoms with Gasteiger partial charge in [0.05, 0.1) is 11.9 Å². The lowest BCUT2D eigenvalue weighted by molar-refractivity contribution is 0.300. The molecule has 0 spiro atoms. The number of rotatable bonds is 5. The van der Waals surface area contributed by atoms with E-state index in [-0.39, 0.29) is 11.9 Å². The van der Waals surface area contributed by atoms with Crippen molar-refractivity contribution in [3.63, 3.8) is 0 Å². The quantitative estimate of drug-likeness (QED) is 0.556. The van der Waals surface area contributed by atoms with Crippen molar-refractivity contribution in [3.05, 3.63) is 0 Å². The van der Waals surface area contributed by atoms with E-state index in [1.807, 2.05) is 0 Å². The van der Waals surface area contributed by atoms with Crippen LogP contribution in [0.1, 0.15) is 38.5 Å². The molecule has 0 unspecified atom stereocenters. The first kappa shape index (κ1) is 11.9. The van der Waals surface area contributed by atoms with Crippen molar-refractivity contribution in [3.8, 4) is 0 Å². The van der Waals surface area contributed by atoms with E-state index in [2.05, 4.69) is 0 Å². The van der Waals surface area contributed by atoms with Gasteiger partial charge in [0.15, 0.2) is 0 Å². The summed E-state index contributed by atoms with van der Waals surface area (Å²) >= 11 is 0. The SMILES string of the molecule is NCCCOS(=O)(=O)C1CCCCC1. The van der Waals surface area contributed by atoms with Gasteiger partial charge in [-0.3, -0.25) is 4.18 Å². The van der Waals surface area contributed by atoms with E-state index in [1.165, 1.54) is 0 Å². The molecule has 0 aromatic carbocycles. The molecule has 1 rings (SSSR count). The maximum Gasteiger partial charge on any atom is 0.270 e. The molecule has 84 valence electrons. The second-order valence-electron chi connectivity index (χ2n) is 3.72. The van der Waals surface area contributed by atoms with Crippen LogP contribution in [-0.2, 0) is 14.3 Å². The van der Waals surface area contributed by atoms with Crippen molar-refractivity contribution >= 4 is 10.1 Å². The Bertz CT molecular complexity index is 245. The van der Waals surface area contributed by atoms with Crippen molar-refractivity contribution < 1.29 is 12.6 Å². The van der Waals surface area contributed by atoms with Gasteiger partial charge in [-0.1, -0.05) is 19.3 Å². The lowest BCUT2D eigenvalue weighted by atomic mass is 10.0. The molecule has 0 aliphatic heterocycles. The van der Waals surface area contributed by atoms with Gasteiger partial charge in [0, 0.05) is 0 Å². The predicted octanol–water partition coefficient (Wildman–Crippen LogP) is 1.01. The molecule has 5 heteroatoms. The molecule has 1 aliphatic rings. The van der Waals surface area contributed by atoms with Crippen LogP contribution in [0.15, 0.2) is 0 Å². The third-order valence-corrected chi connectivity index (χ3v) is 4.34.